The second-order valence-electron chi connectivity index (χ2n) is 11.4. The van der Waals surface area contributed by atoms with Crippen molar-refractivity contribution in [3.63, 3.8) is 0 Å². The summed E-state index contributed by atoms with van der Waals surface area (Å²) in [6, 6.07) is 9.59. The maximum Gasteiger partial charge on any atom is 0.234 e. The van der Waals surface area contributed by atoms with Gasteiger partial charge in [-0.2, -0.15) is 5.26 Å². The van der Waals surface area contributed by atoms with Crippen LogP contribution in [0.25, 0.3) is 0 Å². The monoisotopic (exact) mass is 471 g/mol. The van der Waals surface area contributed by atoms with Crippen LogP contribution >= 0.6 is 0 Å². The van der Waals surface area contributed by atoms with Gasteiger partial charge < -0.3 is 9.88 Å². The number of benzene rings is 1. The Balaban J connectivity index is 1.28. The molecular formula is C28H33N5O2. The lowest BCUT2D eigenvalue weighted by Gasteiger charge is -2.56. The molecule has 0 radical (unpaired) electrons. The van der Waals surface area contributed by atoms with Crippen LogP contribution in [0.4, 0.5) is 0 Å². The van der Waals surface area contributed by atoms with E-state index < -0.39 is 0 Å². The minimum absolute atomic E-state index is 0.0154. The molecule has 2 aromatic rings. The van der Waals surface area contributed by atoms with Gasteiger partial charge in [0.25, 0.3) is 0 Å². The maximum atomic E-state index is 14.1. The van der Waals surface area contributed by atoms with Gasteiger partial charge in [-0.3, -0.25) is 14.5 Å². The van der Waals surface area contributed by atoms with Gasteiger partial charge in [-0.25, -0.2) is 4.98 Å². The second-order valence-corrected chi connectivity index (χ2v) is 11.4. The van der Waals surface area contributed by atoms with Crippen LogP contribution in [0.5, 0.6) is 0 Å². The van der Waals surface area contributed by atoms with E-state index in [1.165, 1.54) is 19.3 Å². The average molecular weight is 472 g/mol. The number of ketones is 1. The van der Waals surface area contributed by atoms with Gasteiger partial charge in [-0.15, -0.1) is 0 Å². The van der Waals surface area contributed by atoms with E-state index in [0.29, 0.717) is 37.4 Å². The van der Waals surface area contributed by atoms with Crippen molar-refractivity contribution in [1.82, 2.24) is 19.8 Å². The molecule has 1 saturated heterocycles. The molecule has 5 fully saturated rings. The van der Waals surface area contributed by atoms with E-state index in [4.69, 9.17) is 5.26 Å². The predicted molar refractivity (Wildman–Crippen MR) is 130 cm³/mol. The Kier molecular flexibility index (Phi) is 5.72. The Labute approximate surface area is 206 Å². The summed E-state index contributed by atoms with van der Waals surface area (Å²) in [5, 5.41) is 12.0. The molecule has 4 aliphatic carbocycles. The first-order chi connectivity index (χ1) is 17.0. The minimum atomic E-state index is -0.164. The molecule has 1 amide bonds. The summed E-state index contributed by atoms with van der Waals surface area (Å²) in [6.07, 6.45) is 11.3. The maximum absolute atomic E-state index is 14.1. The molecule has 1 aliphatic heterocycles. The molecule has 1 unspecified atom stereocenters. The minimum Gasteiger partial charge on any atom is -0.354 e. The topological polar surface area (TPSA) is 91.0 Å². The van der Waals surface area contributed by atoms with Gasteiger partial charge in [0.1, 0.15) is 5.78 Å². The lowest BCUT2D eigenvalue weighted by Crippen LogP contribution is -2.52. The zero-order valence-electron chi connectivity index (χ0n) is 20.2. The molecule has 7 nitrogen and oxygen atoms in total. The Hall–Kier alpha value is -2.98. The van der Waals surface area contributed by atoms with Gasteiger partial charge in [0, 0.05) is 37.7 Å². The Bertz CT molecular complexity index is 1130. The van der Waals surface area contributed by atoms with Crippen LogP contribution < -0.4 is 5.32 Å². The first kappa shape index (κ1) is 22.5. The first-order valence-electron chi connectivity index (χ1n) is 13.0. The van der Waals surface area contributed by atoms with Crippen LogP contribution in [0.2, 0.25) is 0 Å². The Morgan fingerprint density at radius 2 is 1.83 bits per heavy atom. The highest BCUT2D eigenvalue weighted by Crippen LogP contribution is 2.61. The average Bonchev–Trinajstić information content (AvgIpc) is 3.29. The third kappa shape index (κ3) is 4.29. The van der Waals surface area contributed by atoms with Crippen LogP contribution in [0.3, 0.4) is 0 Å². The summed E-state index contributed by atoms with van der Waals surface area (Å²) in [5.74, 6) is 2.60. The number of carbonyl (C=O) groups excluding carboxylic acids is 2. The third-order valence-electron chi connectivity index (χ3n) is 9.04. The molecule has 1 aromatic carbocycles. The number of imidazole rings is 1. The standard InChI is InChI=1S/C28H33N5O2/c29-14-19-1-3-20(4-2-19)16-33-18-30-15-25(33)24(32-6-5-31-27(35)17-32)10-26(34)28-11-21-7-22(12-28)9-23(8-21)13-28/h1-4,15,18,21-24H,5-13,16-17H2,(H,31,35). The van der Waals surface area contributed by atoms with E-state index in [1.54, 1.807) is 0 Å². The van der Waals surface area contributed by atoms with Gasteiger partial charge in [0.2, 0.25) is 5.91 Å². The van der Waals surface area contributed by atoms with Gasteiger partial charge in [0.15, 0.2) is 0 Å². The second kappa shape index (κ2) is 8.91. The van der Waals surface area contributed by atoms with Crippen molar-refractivity contribution in [2.24, 2.45) is 23.2 Å². The smallest absolute Gasteiger partial charge is 0.234 e. The van der Waals surface area contributed by atoms with E-state index >= 15 is 0 Å². The molecule has 1 atom stereocenters. The third-order valence-corrected chi connectivity index (χ3v) is 9.04. The van der Waals surface area contributed by atoms with E-state index in [2.05, 4.69) is 25.8 Å². The molecular weight excluding hydrogens is 438 g/mol. The van der Waals surface area contributed by atoms with Gasteiger partial charge >= 0.3 is 0 Å². The number of piperazine rings is 1. The number of amides is 1. The summed E-state index contributed by atoms with van der Waals surface area (Å²) in [6.45, 7) is 2.25. The molecule has 0 spiro atoms. The number of nitrogens with one attached hydrogen (secondary N) is 1. The fraction of sp³-hybridized carbons (Fsp3) is 0.571. The lowest BCUT2D eigenvalue weighted by molar-refractivity contribution is -0.146. The fourth-order valence-electron chi connectivity index (χ4n) is 7.81. The largest absolute Gasteiger partial charge is 0.354 e. The number of hydrogen-bond donors (Lipinski definition) is 1. The van der Waals surface area contributed by atoms with Crippen LogP contribution in [0, 0.1) is 34.5 Å². The first-order valence-corrected chi connectivity index (χ1v) is 13.0. The molecule has 7 rings (SSSR count). The Morgan fingerprint density at radius 3 is 2.46 bits per heavy atom. The highest BCUT2D eigenvalue weighted by atomic mass is 16.2. The number of Topliss-reactive ketones (excluding diaryl/α,β-unsaturated/α-hetero) is 1. The molecule has 1 aromatic heterocycles. The van der Waals surface area contributed by atoms with E-state index in [0.717, 1.165) is 54.8 Å². The van der Waals surface area contributed by atoms with Crippen molar-refractivity contribution < 1.29 is 9.59 Å². The predicted octanol–water partition coefficient (Wildman–Crippen LogP) is 3.45. The zero-order valence-corrected chi connectivity index (χ0v) is 20.2. The van der Waals surface area contributed by atoms with Crippen molar-refractivity contribution in [2.45, 2.75) is 57.5 Å². The van der Waals surface area contributed by atoms with Crippen LogP contribution in [-0.4, -0.2) is 45.8 Å². The van der Waals surface area contributed by atoms with Crippen LogP contribution in [-0.2, 0) is 16.1 Å². The summed E-state index contributed by atoms with van der Waals surface area (Å²) >= 11 is 0. The quantitative estimate of drug-likeness (QED) is 0.668. The van der Waals surface area contributed by atoms with Crippen molar-refractivity contribution in [1.29, 1.82) is 5.26 Å². The number of nitrogens with zero attached hydrogens (tertiary/aromatic N) is 4. The number of hydrogen-bond acceptors (Lipinski definition) is 5. The zero-order chi connectivity index (χ0) is 24.0. The number of nitriles is 1. The Morgan fingerprint density at radius 1 is 1.14 bits per heavy atom. The van der Waals surface area contributed by atoms with Crippen molar-refractivity contribution in [3.05, 3.63) is 53.6 Å². The molecule has 1 N–H and O–H groups in total. The summed E-state index contributed by atoms with van der Waals surface area (Å²) in [5.41, 5.74) is 2.55. The van der Waals surface area contributed by atoms with E-state index in [1.807, 2.05) is 36.8 Å². The normalized spacial score (nSPS) is 30.6. The van der Waals surface area contributed by atoms with Crippen LogP contribution in [0.1, 0.15) is 67.8 Å². The lowest BCUT2D eigenvalue weighted by atomic mass is 9.48. The number of carbonyl (C=O) groups is 2. The van der Waals surface area contributed by atoms with Crippen molar-refractivity contribution in [2.75, 3.05) is 19.6 Å². The molecule has 7 heteroatoms. The molecule has 5 aliphatic rings. The van der Waals surface area contributed by atoms with Crippen molar-refractivity contribution in [3.8, 4) is 6.07 Å². The van der Waals surface area contributed by atoms with E-state index in [-0.39, 0.29) is 17.4 Å². The summed E-state index contributed by atoms with van der Waals surface area (Å²) < 4.78 is 2.10. The number of rotatable bonds is 7. The van der Waals surface area contributed by atoms with Crippen LogP contribution in [0.15, 0.2) is 36.8 Å². The highest BCUT2D eigenvalue weighted by molar-refractivity contribution is 5.86. The van der Waals surface area contributed by atoms with Gasteiger partial charge in [-0.05, 0) is 74.0 Å². The van der Waals surface area contributed by atoms with Crippen molar-refractivity contribution >= 4 is 11.7 Å². The summed E-state index contributed by atoms with van der Waals surface area (Å²) in [4.78, 5) is 33.0. The number of aromatic nitrogens is 2. The molecule has 4 saturated carbocycles. The van der Waals surface area contributed by atoms with Gasteiger partial charge in [0.05, 0.1) is 36.2 Å². The highest BCUT2D eigenvalue weighted by Gasteiger charge is 2.54. The summed E-state index contributed by atoms with van der Waals surface area (Å²) in [7, 11) is 0. The van der Waals surface area contributed by atoms with Gasteiger partial charge in [-0.1, -0.05) is 12.1 Å². The SMILES string of the molecule is N#Cc1ccc(Cn2cncc2C(CC(=O)C23CC4CC(CC(C4)C2)C3)N2CCNC(=O)C2)cc1. The molecule has 182 valence electrons. The molecule has 2 heterocycles. The fourth-order valence-corrected chi connectivity index (χ4v) is 7.81. The van der Waals surface area contributed by atoms with E-state index in [9.17, 15) is 9.59 Å². The molecule has 4 bridgehead atoms. The molecule has 35 heavy (non-hydrogen) atoms.